The number of carboxylic acid groups (broad SMARTS) is 1. The third-order valence-corrected chi connectivity index (χ3v) is 4.24. The Morgan fingerprint density at radius 2 is 2.19 bits per heavy atom. The molecular weight excluding hydrogens is 330 g/mol. The van der Waals surface area contributed by atoms with Crippen molar-refractivity contribution in [2.24, 2.45) is 0 Å². The Hall–Kier alpha value is -3.02. The molecule has 0 bridgehead atoms. The maximum Gasteiger partial charge on any atom is 0.303 e. The molecule has 0 radical (unpaired) electrons. The van der Waals surface area contributed by atoms with Gasteiger partial charge in [-0.2, -0.15) is 0 Å². The summed E-state index contributed by atoms with van der Waals surface area (Å²) in [5, 5.41) is 13.2. The van der Waals surface area contributed by atoms with Crippen LogP contribution in [0.25, 0.3) is 10.9 Å². The molecule has 0 fully saturated rings. The second-order valence-electron chi connectivity index (χ2n) is 6.17. The van der Waals surface area contributed by atoms with E-state index in [2.05, 4.69) is 15.3 Å². The van der Waals surface area contributed by atoms with Gasteiger partial charge in [-0.1, -0.05) is 6.07 Å². The van der Waals surface area contributed by atoms with E-state index in [4.69, 9.17) is 9.84 Å². The van der Waals surface area contributed by atoms with Crippen LogP contribution in [0.2, 0.25) is 0 Å². The van der Waals surface area contributed by atoms with Gasteiger partial charge in [-0.15, -0.1) is 0 Å². The van der Waals surface area contributed by atoms with Gasteiger partial charge in [-0.25, -0.2) is 4.98 Å². The molecule has 0 spiro atoms. The van der Waals surface area contributed by atoms with Crippen LogP contribution in [0.5, 0.6) is 5.75 Å². The van der Waals surface area contributed by atoms with E-state index in [0.717, 1.165) is 46.7 Å². The summed E-state index contributed by atoms with van der Waals surface area (Å²) in [6.07, 6.45) is 3.25. The highest BCUT2D eigenvalue weighted by Gasteiger charge is 2.11. The van der Waals surface area contributed by atoms with Gasteiger partial charge in [0.2, 0.25) is 0 Å². The van der Waals surface area contributed by atoms with Crippen molar-refractivity contribution in [3.8, 4) is 5.75 Å². The van der Waals surface area contributed by atoms with Gasteiger partial charge in [0, 0.05) is 35.8 Å². The molecule has 26 heavy (non-hydrogen) atoms. The largest absolute Gasteiger partial charge is 0.494 e. The van der Waals surface area contributed by atoms with Crippen LogP contribution >= 0.6 is 0 Å². The third-order valence-electron chi connectivity index (χ3n) is 4.24. The van der Waals surface area contributed by atoms with E-state index in [-0.39, 0.29) is 6.42 Å². The lowest BCUT2D eigenvalue weighted by Crippen LogP contribution is -2.08. The smallest absolute Gasteiger partial charge is 0.303 e. The van der Waals surface area contributed by atoms with Crippen LogP contribution in [0, 0.1) is 6.92 Å². The summed E-state index contributed by atoms with van der Waals surface area (Å²) in [4.78, 5) is 18.4. The lowest BCUT2D eigenvalue weighted by atomic mass is 10.1. The molecule has 0 aliphatic heterocycles. The van der Waals surface area contributed by atoms with Gasteiger partial charge in [0.1, 0.15) is 11.6 Å². The number of carboxylic acids is 1. The van der Waals surface area contributed by atoms with Crippen molar-refractivity contribution in [1.29, 1.82) is 0 Å². The van der Waals surface area contributed by atoms with Gasteiger partial charge in [-0.05, 0) is 55.7 Å². The van der Waals surface area contributed by atoms with E-state index in [0.29, 0.717) is 13.0 Å². The number of carbonyl (C=O) groups is 1. The zero-order chi connectivity index (χ0) is 18.4. The van der Waals surface area contributed by atoms with Crippen LogP contribution in [0.4, 0.5) is 5.82 Å². The number of hydrogen-bond acceptors (Lipinski definition) is 4. The molecule has 3 aromatic rings. The fourth-order valence-electron chi connectivity index (χ4n) is 2.95. The number of aliphatic carboxylic acids is 1. The Kier molecular flexibility index (Phi) is 5.73. The van der Waals surface area contributed by atoms with E-state index in [9.17, 15) is 4.79 Å². The fraction of sp³-hybridized carbons (Fsp3) is 0.300. The Morgan fingerprint density at radius 1 is 1.31 bits per heavy atom. The predicted octanol–water partition coefficient (Wildman–Crippen LogP) is 3.77. The minimum absolute atomic E-state index is 0.123. The number of aromatic amines is 1. The molecule has 136 valence electrons. The number of rotatable bonds is 9. The first-order valence-electron chi connectivity index (χ1n) is 8.74. The zero-order valence-corrected chi connectivity index (χ0v) is 14.8. The summed E-state index contributed by atoms with van der Waals surface area (Å²) in [7, 11) is 0. The van der Waals surface area contributed by atoms with E-state index in [1.165, 1.54) is 0 Å². The molecule has 0 amide bonds. The molecular formula is C20H23N3O3. The molecule has 0 unspecified atom stereocenters. The van der Waals surface area contributed by atoms with Gasteiger partial charge >= 0.3 is 5.97 Å². The topological polar surface area (TPSA) is 87.2 Å². The minimum Gasteiger partial charge on any atom is -0.494 e. The summed E-state index contributed by atoms with van der Waals surface area (Å²) in [5.74, 6) is 0.872. The van der Waals surface area contributed by atoms with Crippen molar-refractivity contribution < 1.29 is 14.6 Å². The van der Waals surface area contributed by atoms with Crippen LogP contribution in [-0.2, 0) is 11.2 Å². The number of H-pyrrole nitrogens is 1. The summed E-state index contributed by atoms with van der Waals surface area (Å²) >= 11 is 0. The first kappa shape index (κ1) is 17.8. The number of nitrogens with one attached hydrogen (secondary N) is 2. The molecule has 2 aromatic heterocycles. The quantitative estimate of drug-likeness (QED) is 0.510. The second kappa shape index (κ2) is 8.38. The number of benzene rings is 1. The molecule has 0 atom stereocenters. The highest BCUT2D eigenvalue weighted by Crippen LogP contribution is 2.27. The number of ether oxygens (including phenoxy) is 1. The van der Waals surface area contributed by atoms with E-state index >= 15 is 0 Å². The lowest BCUT2D eigenvalue weighted by Gasteiger charge is -2.08. The molecule has 3 N–H and O–H groups in total. The number of fused-ring (bicyclic) bond motifs is 1. The van der Waals surface area contributed by atoms with E-state index < -0.39 is 5.97 Å². The number of aromatic nitrogens is 2. The van der Waals surface area contributed by atoms with Gasteiger partial charge in [-0.3, -0.25) is 4.79 Å². The Balaban J connectivity index is 1.56. The molecule has 6 nitrogen and oxygen atoms in total. The molecule has 0 aliphatic rings. The minimum atomic E-state index is -0.786. The molecule has 0 saturated carbocycles. The van der Waals surface area contributed by atoms with Gasteiger partial charge in [0.15, 0.2) is 0 Å². The standard InChI is InChI=1S/C20H23N3O3/c1-14-16(7-9-20(24)25)17-13-15(6-8-18(17)23-14)26-12-4-11-22-19-5-2-3-10-21-19/h2-3,5-6,8,10,13,23H,4,7,9,11-12H2,1H3,(H,21,22)(H,24,25). The number of aryl methyl sites for hydroxylation is 2. The van der Waals surface area contributed by atoms with Crippen molar-refractivity contribution in [2.75, 3.05) is 18.5 Å². The van der Waals surface area contributed by atoms with Crippen molar-refractivity contribution >= 4 is 22.7 Å². The summed E-state index contributed by atoms with van der Waals surface area (Å²) < 4.78 is 5.85. The third kappa shape index (κ3) is 4.53. The highest BCUT2D eigenvalue weighted by atomic mass is 16.5. The van der Waals surface area contributed by atoms with Crippen LogP contribution in [0.3, 0.4) is 0 Å². The predicted molar refractivity (Wildman–Crippen MR) is 102 cm³/mol. The van der Waals surface area contributed by atoms with Crippen molar-refractivity contribution in [3.05, 3.63) is 53.9 Å². The molecule has 2 heterocycles. The average molecular weight is 353 g/mol. The van der Waals surface area contributed by atoms with Crippen molar-refractivity contribution in [3.63, 3.8) is 0 Å². The second-order valence-corrected chi connectivity index (χ2v) is 6.17. The van der Waals surface area contributed by atoms with Crippen LogP contribution < -0.4 is 10.1 Å². The molecule has 6 heteroatoms. The highest BCUT2D eigenvalue weighted by molar-refractivity contribution is 5.86. The maximum absolute atomic E-state index is 10.9. The van der Waals surface area contributed by atoms with E-state index in [1.54, 1.807) is 6.20 Å². The normalized spacial score (nSPS) is 10.8. The number of pyridine rings is 1. The summed E-state index contributed by atoms with van der Waals surface area (Å²) in [5.41, 5.74) is 3.06. The van der Waals surface area contributed by atoms with Crippen LogP contribution in [0.1, 0.15) is 24.1 Å². The lowest BCUT2D eigenvalue weighted by molar-refractivity contribution is -0.136. The number of nitrogens with zero attached hydrogens (tertiary/aromatic N) is 1. The molecule has 0 saturated heterocycles. The first-order valence-corrected chi connectivity index (χ1v) is 8.74. The van der Waals surface area contributed by atoms with Crippen LogP contribution in [-0.4, -0.2) is 34.2 Å². The van der Waals surface area contributed by atoms with E-state index in [1.807, 2.05) is 43.3 Å². The summed E-state index contributed by atoms with van der Waals surface area (Å²) in [6, 6.07) is 11.7. The van der Waals surface area contributed by atoms with Crippen molar-refractivity contribution in [1.82, 2.24) is 9.97 Å². The zero-order valence-electron chi connectivity index (χ0n) is 14.8. The molecule has 1 aromatic carbocycles. The van der Waals surface area contributed by atoms with Gasteiger partial charge < -0.3 is 20.1 Å². The Bertz CT molecular complexity index is 875. The summed E-state index contributed by atoms with van der Waals surface area (Å²) in [6.45, 7) is 3.35. The van der Waals surface area contributed by atoms with Crippen molar-refractivity contribution in [2.45, 2.75) is 26.2 Å². The fourth-order valence-corrected chi connectivity index (χ4v) is 2.95. The Labute approximate surface area is 152 Å². The number of anilines is 1. The number of hydrogen-bond donors (Lipinski definition) is 3. The van der Waals surface area contributed by atoms with Crippen LogP contribution in [0.15, 0.2) is 42.6 Å². The SMILES string of the molecule is Cc1[nH]c2ccc(OCCCNc3ccccn3)cc2c1CCC(=O)O. The Morgan fingerprint density at radius 3 is 2.96 bits per heavy atom. The average Bonchev–Trinajstić information content (AvgIpc) is 2.95. The molecule has 3 rings (SSSR count). The van der Waals surface area contributed by atoms with Gasteiger partial charge in [0.25, 0.3) is 0 Å². The first-order chi connectivity index (χ1) is 12.6. The monoisotopic (exact) mass is 353 g/mol. The maximum atomic E-state index is 10.9. The molecule has 0 aliphatic carbocycles. The van der Waals surface area contributed by atoms with Gasteiger partial charge in [0.05, 0.1) is 6.61 Å².